The Labute approximate surface area is 190 Å². The molecule has 2 atom stereocenters. The van der Waals surface area contributed by atoms with Gasteiger partial charge in [-0.1, -0.05) is 23.8 Å². The number of amides is 2. The number of nitrogens with zero attached hydrogens (tertiary/aromatic N) is 3. The van der Waals surface area contributed by atoms with E-state index in [-0.39, 0.29) is 17.7 Å². The fraction of sp³-hybridized carbons (Fsp3) is 0.500. The number of hydrogen-bond donors (Lipinski definition) is 1. The average molecular weight is 433 g/mol. The second-order valence-electron chi connectivity index (χ2n) is 9.80. The van der Waals surface area contributed by atoms with E-state index in [4.69, 9.17) is 0 Å². The van der Waals surface area contributed by atoms with Gasteiger partial charge in [0.25, 0.3) is 5.91 Å². The van der Waals surface area contributed by atoms with Crippen LogP contribution < -0.4 is 10.2 Å². The quantitative estimate of drug-likeness (QED) is 0.788. The first-order valence-corrected chi connectivity index (χ1v) is 11.9. The Balaban J connectivity index is 1.40. The smallest absolute Gasteiger partial charge is 0.253 e. The topological polar surface area (TPSA) is 65.5 Å². The van der Waals surface area contributed by atoms with Crippen molar-refractivity contribution in [3.8, 4) is 0 Å². The molecular weight excluding hydrogens is 400 g/mol. The molecule has 3 fully saturated rings. The minimum Gasteiger partial charge on any atom is -0.355 e. The lowest BCUT2D eigenvalue weighted by molar-refractivity contribution is -0.132. The standard InChI is InChI=1S/C26H32N4O2/c1-19-6-10-21(11-7-19)24(31)29-14-4-12-26(25(32)28-15-20-8-9-20)18-30(17-22(26)16-29)23-5-2-3-13-27-23/h2-3,5-7,10-11,13,20,22H,4,8-9,12,14-18H2,1H3,(H,28,32)/t22-,26-/m1/s1. The molecule has 3 aliphatic rings. The summed E-state index contributed by atoms with van der Waals surface area (Å²) in [5.41, 5.74) is 1.39. The molecule has 2 aromatic rings. The Kier molecular flexibility index (Phi) is 5.62. The van der Waals surface area contributed by atoms with Gasteiger partial charge in [0, 0.05) is 50.4 Å². The molecule has 1 saturated carbocycles. The van der Waals surface area contributed by atoms with Crippen molar-refractivity contribution in [1.29, 1.82) is 0 Å². The minimum absolute atomic E-state index is 0.0653. The van der Waals surface area contributed by atoms with Crippen LogP contribution in [0.2, 0.25) is 0 Å². The van der Waals surface area contributed by atoms with Crippen LogP contribution in [0.3, 0.4) is 0 Å². The Hall–Kier alpha value is -2.89. The molecule has 0 radical (unpaired) electrons. The predicted molar refractivity (Wildman–Crippen MR) is 124 cm³/mol. The van der Waals surface area contributed by atoms with Crippen molar-refractivity contribution in [3.63, 3.8) is 0 Å². The number of hydrogen-bond acceptors (Lipinski definition) is 4. The third-order valence-corrected chi connectivity index (χ3v) is 7.45. The lowest BCUT2D eigenvalue weighted by atomic mass is 9.74. The van der Waals surface area contributed by atoms with Gasteiger partial charge in [0.1, 0.15) is 5.82 Å². The summed E-state index contributed by atoms with van der Waals surface area (Å²) in [7, 11) is 0. The monoisotopic (exact) mass is 432 g/mol. The molecule has 1 aromatic carbocycles. The largest absolute Gasteiger partial charge is 0.355 e. The minimum atomic E-state index is -0.477. The van der Waals surface area contributed by atoms with Crippen LogP contribution in [-0.4, -0.2) is 54.4 Å². The second-order valence-corrected chi connectivity index (χ2v) is 9.80. The van der Waals surface area contributed by atoms with Crippen LogP contribution in [0.4, 0.5) is 5.82 Å². The lowest BCUT2D eigenvalue weighted by Crippen LogP contribution is -2.48. The van der Waals surface area contributed by atoms with Crippen LogP contribution in [0, 0.1) is 24.2 Å². The average Bonchev–Trinajstić information content (AvgIpc) is 3.61. The number of anilines is 1. The third kappa shape index (κ3) is 4.10. The number of fused-ring (bicyclic) bond motifs is 1. The van der Waals surface area contributed by atoms with Crippen LogP contribution >= 0.6 is 0 Å². The third-order valence-electron chi connectivity index (χ3n) is 7.45. The Morgan fingerprint density at radius 3 is 2.66 bits per heavy atom. The predicted octanol–water partition coefficient (Wildman–Crippen LogP) is 3.28. The lowest BCUT2D eigenvalue weighted by Gasteiger charge is -2.32. The molecule has 2 aliphatic heterocycles. The molecule has 0 unspecified atom stereocenters. The number of likely N-dealkylation sites (tertiary alicyclic amines) is 1. The highest BCUT2D eigenvalue weighted by Gasteiger charge is 2.53. The second kappa shape index (κ2) is 8.57. The molecule has 2 saturated heterocycles. The number of aryl methyl sites for hydroxylation is 1. The maximum atomic E-state index is 13.6. The summed E-state index contributed by atoms with van der Waals surface area (Å²) in [4.78, 5) is 35.6. The van der Waals surface area contributed by atoms with E-state index in [0.29, 0.717) is 25.6 Å². The van der Waals surface area contributed by atoms with Gasteiger partial charge in [0.2, 0.25) is 5.91 Å². The number of carbonyl (C=O) groups is 2. The van der Waals surface area contributed by atoms with Gasteiger partial charge in [-0.3, -0.25) is 9.59 Å². The van der Waals surface area contributed by atoms with Gasteiger partial charge in [0.15, 0.2) is 0 Å². The number of rotatable bonds is 5. The van der Waals surface area contributed by atoms with Crippen LogP contribution in [0.1, 0.15) is 41.6 Å². The summed E-state index contributed by atoms with van der Waals surface area (Å²) in [5, 5.41) is 3.27. The summed E-state index contributed by atoms with van der Waals surface area (Å²) in [6.45, 7) is 5.52. The maximum Gasteiger partial charge on any atom is 0.253 e. The molecule has 0 bridgehead atoms. The van der Waals surface area contributed by atoms with Gasteiger partial charge in [-0.25, -0.2) is 4.98 Å². The molecule has 5 rings (SSSR count). The van der Waals surface area contributed by atoms with Gasteiger partial charge < -0.3 is 15.1 Å². The van der Waals surface area contributed by atoms with Crippen molar-refractivity contribution in [2.75, 3.05) is 37.6 Å². The summed E-state index contributed by atoms with van der Waals surface area (Å²) >= 11 is 0. The van der Waals surface area contributed by atoms with Gasteiger partial charge in [-0.2, -0.15) is 0 Å². The highest BCUT2D eigenvalue weighted by Crippen LogP contribution is 2.44. The fourth-order valence-electron chi connectivity index (χ4n) is 5.32. The number of aromatic nitrogens is 1. The van der Waals surface area contributed by atoms with Gasteiger partial charge >= 0.3 is 0 Å². The van der Waals surface area contributed by atoms with Crippen LogP contribution in [0.15, 0.2) is 48.7 Å². The summed E-state index contributed by atoms with van der Waals surface area (Å²) in [6.07, 6.45) is 5.87. The SMILES string of the molecule is Cc1ccc(C(=O)N2CCC[C@@]3(C(=O)NCC4CC4)CN(c4ccccn4)C[C@H]3C2)cc1. The molecule has 6 heteroatoms. The molecule has 168 valence electrons. The van der Waals surface area contributed by atoms with Crippen LogP contribution in [-0.2, 0) is 4.79 Å². The number of benzene rings is 1. The van der Waals surface area contributed by atoms with E-state index in [1.54, 1.807) is 6.20 Å². The zero-order valence-corrected chi connectivity index (χ0v) is 18.8. The van der Waals surface area contributed by atoms with Crippen molar-refractivity contribution in [3.05, 3.63) is 59.8 Å². The first-order chi connectivity index (χ1) is 15.5. The molecule has 3 heterocycles. The first kappa shape index (κ1) is 21.0. The fourth-order valence-corrected chi connectivity index (χ4v) is 5.32. The molecule has 0 spiro atoms. The van der Waals surface area contributed by atoms with E-state index in [1.165, 1.54) is 12.8 Å². The normalized spacial score (nSPS) is 25.2. The molecular formula is C26H32N4O2. The van der Waals surface area contributed by atoms with Crippen molar-refractivity contribution >= 4 is 17.6 Å². The molecule has 1 aliphatic carbocycles. The zero-order chi connectivity index (χ0) is 22.1. The van der Waals surface area contributed by atoms with E-state index in [9.17, 15) is 9.59 Å². The van der Waals surface area contributed by atoms with Crippen molar-refractivity contribution < 1.29 is 9.59 Å². The highest BCUT2D eigenvalue weighted by molar-refractivity contribution is 5.94. The van der Waals surface area contributed by atoms with E-state index < -0.39 is 5.41 Å². The number of pyridine rings is 1. The van der Waals surface area contributed by atoms with Crippen molar-refractivity contribution in [1.82, 2.24) is 15.2 Å². The number of nitrogens with one attached hydrogen (secondary N) is 1. The molecule has 2 amide bonds. The van der Waals surface area contributed by atoms with Crippen molar-refractivity contribution in [2.24, 2.45) is 17.3 Å². The first-order valence-electron chi connectivity index (χ1n) is 11.9. The Morgan fingerprint density at radius 1 is 1.12 bits per heavy atom. The summed E-state index contributed by atoms with van der Waals surface area (Å²) in [6, 6.07) is 13.7. The molecule has 6 nitrogen and oxygen atoms in total. The van der Waals surface area contributed by atoms with Crippen LogP contribution in [0.5, 0.6) is 0 Å². The van der Waals surface area contributed by atoms with Gasteiger partial charge in [-0.15, -0.1) is 0 Å². The van der Waals surface area contributed by atoms with Crippen LogP contribution in [0.25, 0.3) is 0 Å². The molecule has 1 aromatic heterocycles. The number of carbonyl (C=O) groups excluding carboxylic acids is 2. The van der Waals surface area contributed by atoms with Gasteiger partial charge in [-0.05, 0) is 62.8 Å². The van der Waals surface area contributed by atoms with E-state index in [1.807, 2.05) is 54.3 Å². The van der Waals surface area contributed by atoms with E-state index in [0.717, 1.165) is 42.9 Å². The van der Waals surface area contributed by atoms with E-state index >= 15 is 0 Å². The molecule has 32 heavy (non-hydrogen) atoms. The van der Waals surface area contributed by atoms with E-state index in [2.05, 4.69) is 15.2 Å². The summed E-state index contributed by atoms with van der Waals surface area (Å²) < 4.78 is 0. The zero-order valence-electron chi connectivity index (χ0n) is 18.8. The highest BCUT2D eigenvalue weighted by atomic mass is 16.2. The van der Waals surface area contributed by atoms with Gasteiger partial charge in [0.05, 0.1) is 5.41 Å². The summed E-state index contributed by atoms with van der Waals surface area (Å²) in [5.74, 6) is 1.87. The molecule has 1 N–H and O–H groups in total. The maximum absolute atomic E-state index is 13.6. The Morgan fingerprint density at radius 2 is 1.94 bits per heavy atom. The Bertz CT molecular complexity index is 973. The van der Waals surface area contributed by atoms with Crippen molar-refractivity contribution in [2.45, 2.75) is 32.6 Å².